The van der Waals surface area contributed by atoms with E-state index in [2.05, 4.69) is 15.3 Å². The average Bonchev–Trinajstić information content (AvgIpc) is 3.04. The Bertz CT molecular complexity index is 864. The van der Waals surface area contributed by atoms with E-state index in [0.717, 1.165) is 40.5 Å². The molecule has 3 aromatic rings. The topological polar surface area (TPSA) is 54.9 Å². The third-order valence-corrected chi connectivity index (χ3v) is 4.92. The van der Waals surface area contributed by atoms with Gasteiger partial charge in [-0.05, 0) is 49.2 Å². The predicted octanol–water partition coefficient (Wildman–Crippen LogP) is 4.47. The molecule has 25 heavy (non-hydrogen) atoms. The molecule has 0 bridgehead atoms. The van der Waals surface area contributed by atoms with E-state index in [4.69, 9.17) is 11.6 Å². The fraction of sp³-hybridized carbons (Fsp3) is 0.211. The Balaban J connectivity index is 1.54. The maximum absolute atomic E-state index is 12.2. The molecule has 0 aliphatic rings. The van der Waals surface area contributed by atoms with Gasteiger partial charge in [-0.3, -0.25) is 9.78 Å². The first-order chi connectivity index (χ1) is 12.1. The molecule has 0 saturated heterocycles. The van der Waals surface area contributed by atoms with Gasteiger partial charge in [0.25, 0.3) is 0 Å². The van der Waals surface area contributed by atoms with Gasteiger partial charge < -0.3 is 5.32 Å². The van der Waals surface area contributed by atoms with E-state index in [1.807, 2.05) is 42.6 Å². The number of aromatic nitrogens is 2. The third-order valence-electron chi connectivity index (χ3n) is 3.72. The quantitative estimate of drug-likeness (QED) is 0.695. The Morgan fingerprint density at radius 3 is 2.84 bits per heavy atom. The Morgan fingerprint density at radius 1 is 1.20 bits per heavy atom. The van der Waals surface area contributed by atoms with Crippen molar-refractivity contribution < 1.29 is 4.79 Å². The predicted molar refractivity (Wildman–Crippen MR) is 102 cm³/mol. The monoisotopic (exact) mass is 371 g/mol. The summed E-state index contributed by atoms with van der Waals surface area (Å²) >= 11 is 7.52. The van der Waals surface area contributed by atoms with Crippen LogP contribution in [0.5, 0.6) is 0 Å². The van der Waals surface area contributed by atoms with Crippen molar-refractivity contribution in [2.24, 2.45) is 0 Å². The molecule has 0 aliphatic heterocycles. The van der Waals surface area contributed by atoms with Crippen LogP contribution in [0.15, 0.2) is 48.0 Å². The Hall–Kier alpha value is -2.24. The number of aryl methyl sites for hydroxylation is 3. The number of amides is 1. The van der Waals surface area contributed by atoms with Gasteiger partial charge in [-0.1, -0.05) is 17.7 Å². The van der Waals surface area contributed by atoms with Gasteiger partial charge in [0.1, 0.15) is 0 Å². The number of halogens is 1. The van der Waals surface area contributed by atoms with Gasteiger partial charge in [-0.15, -0.1) is 11.3 Å². The molecule has 1 aromatic carbocycles. The lowest BCUT2D eigenvalue weighted by Gasteiger charge is -2.07. The van der Waals surface area contributed by atoms with Gasteiger partial charge >= 0.3 is 0 Å². The molecule has 0 aliphatic carbocycles. The zero-order chi connectivity index (χ0) is 17.6. The van der Waals surface area contributed by atoms with Crippen LogP contribution in [0.1, 0.15) is 22.0 Å². The zero-order valence-corrected chi connectivity index (χ0v) is 15.4. The maximum Gasteiger partial charge on any atom is 0.230 e. The van der Waals surface area contributed by atoms with Crippen LogP contribution in [0.25, 0.3) is 0 Å². The minimum atomic E-state index is -0.0769. The number of rotatable bonds is 6. The number of benzene rings is 1. The summed E-state index contributed by atoms with van der Waals surface area (Å²) in [5, 5.41) is 6.54. The van der Waals surface area contributed by atoms with Crippen molar-refractivity contribution in [3.63, 3.8) is 0 Å². The molecule has 0 atom stereocenters. The van der Waals surface area contributed by atoms with E-state index in [1.54, 1.807) is 23.6 Å². The van der Waals surface area contributed by atoms with E-state index in [1.165, 1.54) is 0 Å². The molecule has 1 amide bonds. The zero-order valence-electron chi connectivity index (χ0n) is 13.8. The van der Waals surface area contributed by atoms with Crippen LogP contribution in [0.4, 0.5) is 5.69 Å². The largest absolute Gasteiger partial charge is 0.326 e. The highest BCUT2D eigenvalue weighted by Gasteiger charge is 2.10. The van der Waals surface area contributed by atoms with Crippen molar-refractivity contribution in [1.82, 2.24) is 9.97 Å². The van der Waals surface area contributed by atoms with Crippen LogP contribution in [0.2, 0.25) is 5.02 Å². The summed E-state index contributed by atoms with van der Waals surface area (Å²) in [5.74, 6) is -0.0769. The van der Waals surface area contributed by atoms with E-state index in [-0.39, 0.29) is 12.3 Å². The lowest BCUT2D eigenvalue weighted by Crippen LogP contribution is -2.15. The van der Waals surface area contributed by atoms with Crippen LogP contribution in [0.3, 0.4) is 0 Å². The molecule has 4 nitrogen and oxygen atoms in total. The van der Waals surface area contributed by atoms with Gasteiger partial charge in [-0.2, -0.15) is 0 Å². The molecule has 128 valence electrons. The molecule has 2 heterocycles. The second-order valence-corrected chi connectivity index (χ2v) is 7.12. The second kappa shape index (κ2) is 8.23. The number of nitrogens with one attached hydrogen (secondary N) is 1. The molecule has 2 aromatic heterocycles. The number of thiazole rings is 1. The molecule has 0 spiro atoms. The molecule has 0 unspecified atom stereocenters. The summed E-state index contributed by atoms with van der Waals surface area (Å²) < 4.78 is 0. The van der Waals surface area contributed by atoms with Crippen LogP contribution < -0.4 is 5.32 Å². The Kier molecular flexibility index (Phi) is 5.79. The van der Waals surface area contributed by atoms with Crippen molar-refractivity contribution in [1.29, 1.82) is 0 Å². The smallest absolute Gasteiger partial charge is 0.230 e. The molecule has 0 saturated carbocycles. The van der Waals surface area contributed by atoms with Gasteiger partial charge in [0.2, 0.25) is 5.91 Å². The van der Waals surface area contributed by atoms with Crippen molar-refractivity contribution >= 4 is 34.5 Å². The minimum Gasteiger partial charge on any atom is -0.326 e. The van der Waals surface area contributed by atoms with E-state index < -0.39 is 0 Å². The summed E-state index contributed by atoms with van der Waals surface area (Å²) in [6.07, 6.45) is 3.75. The van der Waals surface area contributed by atoms with E-state index in [9.17, 15) is 4.79 Å². The minimum absolute atomic E-state index is 0.0769. The van der Waals surface area contributed by atoms with Crippen molar-refractivity contribution in [2.45, 2.75) is 26.2 Å². The molecule has 6 heteroatoms. The van der Waals surface area contributed by atoms with E-state index in [0.29, 0.717) is 5.02 Å². The Labute approximate surface area is 155 Å². The van der Waals surface area contributed by atoms with E-state index >= 15 is 0 Å². The first kappa shape index (κ1) is 17.6. The van der Waals surface area contributed by atoms with Gasteiger partial charge in [0.05, 0.1) is 17.1 Å². The first-order valence-corrected chi connectivity index (χ1v) is 9.25. The highest BCUT2D eigenvalue weighted by molar-refractivity contribution is 7.09. The highest BCUT2D eigenvalue weighted by Crippen LogP contribution is 2.20. The first-order valence-electron chi connectivity index (χ1n) is 7.99. The Morgan fingerprint density at radius 2 is 2.08 bits per heavy atom. The number of pyridine rings is 1. The second-order valence-electron chi connectivity index (χ2n) is 5.74. The molecular weight excluding hydrogens is 354 g/mol. The fourth-order valence-corrected chi connectivity index (χ4v) is 3.48. The lowest BCUT2D eigenvalue weighted by atomic mass is 10.2. The number of hydrogen-bond donors (Lipinski definition) is 1. The van der Waals surface area contributed by atoms with Gasteiger partial charge in [0, 0.05) is 34.4 Å². The van der Waals surface area contributed by atoms with Gasteiger partial charge in [-0.25, -0.2) is 4.98 Å². The lowest BCUT2D eigenvalue weighted by molar-refractivity contribution is -0.115. The van der Waals surface area contributed by atoms with Crippen molar-refractivity contribution in [3.8, 4) is 0 Å². The highest BCUT2D eigenvalue weighted by atomic mass is 35.5. The number of hydrogen-bond acceptors (Lipinski definition) is 4. The number of nitrogens with zero attached hydrogens (tertiary/aromatic N) is 2. The summed E-state index contributed by atoms with van der Waals surface area (Å²) in [7, 11) is 0. The SMILES string of the molecule is Cc1cc(Cl)ccc1NC(=O)Cc1csc(CCc2ccccn2)n1. The molecule has 1 N–H and O–H groups in total. The standard InChI is InChI=1S/C19H18ClN3OS/c1-13-10-14(20)5-7-17(13)23-18(24)11-16-12-25-19(22-16)8-6-15-4-2-3-9-21-15/h2-5,7,9-10,12H,6,8,11H2,1H3,(H,23,24). The molecular formula is C19H18ClN3OS. The summed E-state index contributed by atoms with van der Waals surface area (Å²) in [6.45, 7) is 1.92. The van der Waals surface area contributed by atoms with Gasteiger partial charge in [0.15, 0.2) is 0 Å². The van der Waals surface area contributed by atoms with Crippen molar-refractivity contribution in [2.75, 3.05) is 5.32 Å². The number of carbonyl (C=O) groups is 1. The van der Waals surface area contributed by atoms with Crippen LogP contribution in [-0.4, -0.2) is 15.9 Å². The summed E-state index contributed by atoms with van der Waals surface area (Å²) in [4.78, 5) is 21.1. The average molecular weight is 372 g/mol. The molecule has 0 radical (unpaired) electrons. The molecule has 0 fully saturated rings. The van der Waals surface area contributed by atoms with Crippen molar-refractivity contribution in [3.05, 3.63) is 75.0 Å². The van der Waals surface area contributed by atoms with Crippen LogP contribution in [0, 0.1) is 6.92 Å². The summed E-state index contributed by atoms with van der Waals surface area (Å²) in [5.41, 5.74) is 3.57. The molecule has 3 rings (SSSR count). The fourth-order valence-electron chi connectivity index (χ4n) is 2.45. The number of carbonyl (C=O) groups excluding carboxylic acids is 1. The normalized spacial score (nSPS) is 10.6. The maximum atomic E-state index is 12.2. The third kappa shape index (κ3) is 5.11. The van der Waals surface area contributed by atoms with Crippen LogP contribution in [-0.2, 0) is 24.1 Å². The summed E-state index contributed by atoms with van der Waals surface area (Å²) in [6, 6.07) is 11.3. The van der Waals surface area contributed by atoms with Crippen LogP contribution >= 0.6 is 22.9 Å². The number of anilines is 1.